The highest BCUT2D eigenvalue weighted by Gasteiger charge is 2.53. The Morgan fingerprint density at radius 2 is 1.16 bits per heavy atom. The van der Waals surface area contributed by atoms with Gasteiger partial charge in [-0.2, -0.15) is 0 Å². The Balaban J connectivity index is 2.20. The Labute approximate surface area is 186 Å². The fourth-order valence-corrected chi connectivity index (χ4v) is 4.37. The molecule has 0 spiro atoms. The number of methoxy groups -OCH3 is 4. The number of para-hydroxylation sites is 1. The molecular formula is C24H25N3O5. The van der Waals surface area contributed by atoms with Crippen molar-refractivity contribution in [3.05, 3.63) is 65.2 Å². The molecule has 8 heteroatoms. The summed E-state index contributed by atoms with van der Waals surface area (Å²) in [5.74, 6) is 1.40. The van der Waals surface area contributed by atoms with Crippen molar-refractivity contribution in [1.29, 1.82) is 0 Å². The van der Waals surface area contributed by atoms with Gasteiger partial charge in [-0.1, -0.05) is 18.2 Å². The maximum Gasteiger partial charge on any atom is 0.244 e. The average Bonchev–Trinajstić information content (AvgIpc) is 3.10. The Kier molecular flexibility index (Phi) is 5.22. The Morgan fingerprint density at radius 1 is 0.688 bits per heavy atom. The third-order valence-electron chi connectivity index (χ3n) is 5.83. The molecule has 0 aromatic heterocycles. The van der Waals surface area contributed by atoms with Gasteiger partial charge in [0.05, 0.1) is 39.8 Å². The Bertz CT molecular complexity index is 1150. The minimum absolute atomic E-state index is 0.283. The molecule has 166 valence electrons. The normalized spacial score (nSPS) is 13.8. The van der Waals surface area contributed by atoms with Crippen molar-refractivity contribution in [1.82, 2.24) is 0 Å². The molecule has 1 aliphatic heterocycles. The number of nitrogens with two attached hydrogens (primary N) is 2. The summed E-state index contributed by atoms with van der Waals surface area (Å²) in [5, 5.41) is 3.00. The lowest BCUT2D eigenvalue weighted by Gasteiger charge is -2.32. The maximum absolute atomic E-state index is 13.9. The van der Waals surface area contributed by atoms with E-state index in [4.69, 9.17) is 30.4 Å². The zero-order chi connectivity index (χ0) is 23.0. The Morgan fingerprint density at radius 3 is 1.62 bits per heavy atom. The molecule has 0 fully saturated rings. The first kappa shape index (κ1) is 21.2. The lowest BCUT2D eigenvalue weighted by Crippen LogP contribution is -2.38. The number of fused-ring (bicyclic) bond motifs is 1. The van der Waals surface area contributed by atoms with Crippen LogP contribution in [0.5, 0.6) is 23.0 Å². The number of carbonyl (C=O) groups is 1. The molecule has 0 bridgehead atoms. The van der Waals surface area contributed by atoms with E-state index in [9.17, 15) is 4.79 Å². The van der Waals surface area contributed by atoms with Gasteiger partial charge in [-0.3, -0.25) is 4.79 Å². The van der Waals surface area contributed by atoms with Gasteiger partial charge in [0.15, 0.2) is 0 Å². The molecular weight excluding hydrogens is 410 g/mol. The van der Waals surface area contributed by atoms with E-state index in [1.165, 1.54) is 28.4 Å². The molecule has 3 aromatic carbocycles. The number of benzene rings is 3. The van der Waals surface area contributed by atoms with Gasteiger partial charge in [0.1, 0.15) is 28.4 Å². The minimum atomic E-state index is -1.35. The SMILES string of the molecule is COc1cc(C2(c3cc(OC)c(N)cc3OC)C(=O)Nc3ccccc32)c(OC)cc1N. The van der Waals surface area contributed by atoms with Gasteiger partial charge < -0.3 is 35.7 Å². The number of rotatable bonds is 6. The third-order valence-corrected chi connectivity index (χ3v) is 5.83. The van der Waals surface area contributed by atoms with E-state index in [0.717, 1.165) is 5.56 Å². The molecule has 3 aromatic rings. The van der Waals surface area contributed by atoms with Crippen LogP contribution in [0.15, 0.2) is 48.5 Å². The van der Waals surface area contributed by atoms with Crippen LogP contribution in [0.25, 0.3) is 0 Å². The van der Waals surface area contributed by atoms with Crippen LogP contribution >= 0.6 is 0 Å². The Hall–Kier alpha value is -4.07. The van der Waals surface area contributed by atoms with Gasteiger partial charge in [0.2, 0.25) is 5.91 Å². The summed E-state index contributed by atoms with van der Waals surface area (Å²) in [5.41, 5.74) is 14.2. The molecule has 32 heavy (non-hydrogen) atoms. The minimum Gasteiger partial charge on any atom is -0.496 e. The van der Waals surface area contributed by atoms with Gasteiger partial charge in [-0.25, -0.2) is 0 Å². The predicted octanol–water partition coefficient (Wildman–Crippen LogP) is 3.17. The molecule has 1 amide bonds. The van der Waals surface area contributed by atoms with Crippen molar-refractivity contribution < 1.29 is 23.7 Å². The van der Waals surface area contributed by atoms with Crippen molar-refractivity contribution in [3.63, 3.8) is 0 Å². The molecule has 8 nitrogen and oxygen atoms in total. The highest BCUT2D eigenvalue weighted by molar-refractivity contribution is 6.12. The van der Waals surface area contributed by atoms with Crippen LogP contribution in [-0.4, -0.2) is 34.3 Å². The van der Waals surface area contributed by atoms with Gasteiger partial charge in [0.25, 0.3) is 0 Å². The summed E-state index contributed by atoms with van der Waals surface area (Å²) in [6, 6.07) is 14.2. The lowest BCUT2D eigenvalue weighted by atomic mass is 9.69. The van der Waals surface area contributed by atoms with Crippen LogP contribution in [0.3, 0.4) is 0 Å². The number of nitrogen functional groups attached to an aromatic ring is 2. The molecule has 0 aliphatic carbocycles. The number of ether oxygens (including phenoxy) is 4. The van der Waals surface area contributed by atoms with Gasteiger partial charge >= 0.3 is 0 Å². The molecule has 1 heterocycles. The van der Waals surface area contributed by atoms with Crippen LogP contribution in [0.4, 0.5) is 17.1 Å². The van der Waals surface area contributed by atoms with Crippen LogP contribution in [0.1, 0.15) is 16.7 Å². The van der Waals surface area contributed by atoms with Crippen molar-refractivity contribution in [2.24, 2.45) is 0 Å². The molecule has 0 saturated heterocycles. The summed E-state index contributed by atoms with van der Waals surface area (Å²) in [6.45, 7) is 0. The second-order valence-corrected chi connectivity index (χ2v) is 7.34. The molecule has 4 rings (SSSR count). The number of nitrogens with one attached hydrogen (secondary N) is 1. The summed E-state index contributed by atoms with van der Waals surface area (Å²) in [4.78, 5) is 13.9. The van der Waals surface area contributed by atoms with Crippen molar-refractivity contribution >= 4 is 23.0 Å². The molecule has 0 saturated carbocycles. The topological polar surface area (TPSA) is 118 Å². The summed E-state index contributed by atoms with van der Waals surface area (Å²) < 4.78 is 22.3. The first-order valence-electron chi connectivity index (χ1n) is 9.87. The fourth-order valence-electron chi connectivity index (χ4n) is 4.37. The first-order chi connectivity index (χ1) is 15.4. The van der Waals surface area contributed by atoms with E-state index in [-0.39, 0.29) is 5.91 Å². The molecule has 1 aliphatic rings. The van der Waals surface area contributed by atoms with E-state index in [1.54, 1.807) is 24.3 Å². The molecule has 0 unspecified atom stereocenters. The standard InChI is InChI=1S/C24H25N3O5/c1-29-19-11-16(25)21(31-3)9-14(19)24(13-7-5-6-8-18(13)27-23(24)28)15-10-22(32-4)17(26)12-20(15)30-2/h5-12H,25-26H2,1-4H3,(H,27,28). The maximum atomic E-state index is 13.9. The lowest BCUT2D eigenvalue weighted by molar-refractivity contribution is -0.118. The number of anilines is 3. The highest BCUT2D eigenvalue weighted by Crippen LogP contribution is 2.55. The van der Waals surface area contributed by atoms with Gasteiger partial charge in [-0.05, 0) is 18.2 Å². The van der Waals surface area contributed by atoms with Gasteiger partial charge in [0, 0.05) is 34.5 Å². The summed E-state index contributed by atoms with van der Waals surface area (Å²) in [7, 11) is 6.09. The summed E-state index contributed by atoms with van der Waals surface area (Å²) >= 11 is 0. The number of amides is 1. The number of carbonyl (C=O) groups excluding carboxylic acids is 1. The zero-order valence-corrected chi connectivity index (χ0v) is 18.3. The molecule has 5 N–H and O–H groups in total. The predicted molar refractivity (Wildman–Crippen MR) is 123 cm³/mol. The van der Waals surface area contributed by atoms with Crippen molar-refractivity contribution in [2.45, 2.75) is 5.41 Å². The quantitative estimate of drug-likeness (QED) is 0.509. The highest BCUT2D eigenvalue weighted by atomic mass is 16.5. The van der Waals surface area contributed by atoms with E-state index >= 15 is 0 Å². The van der Waals surface area contributed by atoms with Crippen LogP contribution < -0.4 is 35.7 Å². The number of hydrogen-bond acceptors (Lipinski definition) is 7. The largest absolute Gasteiger partial charge is 0.496 e. The molecule has 0 radical (unpaired) electrons. The van der Waals surface area contributed by atoms with E-state index < -0.39 is 5.41 Å². The second kappa shape index (κ2) is 7.88. The molecule has 0 atom stereocenters. The van der Waals surface area contributed by atoms with Gasteiger partial charge in [-0.15, -0.1) is 0 Å². The van der Waals surface area contributed by atoms with E-state index in [0.29, 0.717) is 51.2 Å². The van der Waals surface area contributed by atoms with Crippen LogP contribution in [0.2, 0.25) is 0 Å². The third kappa shape index (κ3) is 2.87. The van der Waals surface area contributed by atoms with E-state index in [1.807, 2.05) is 24.3 Å². The van der Waals surface area contributed by atoms with Crippen LogP contribution in [0, 0.1) is 0 Å². The van der Waals surface area contributed by atoms with Crippen molar-refractivity contribution in [2.75, 3.05) is 45.2 Å². The average molecular weight is 435 g/mol. The van der Waals surface area contributed by atoms with Crippen LogP contribution in [-0.2, 0) is 10.2 Å². The van der Waals surface area contributed by atoms with E-state index in [2.05, 4.69) is 5.32 Å². The second-order valence-electron chi connectivity index (χ2n) is 7.34. The summed E-state index contributed by atoms with van der Waals surface area (Å²) in [6.07, 6.45) is 0. The first-order valence-corrected chi connectivity index (χ1v) is 9.87. The van der Waals surface area contributed by atoms with Crippen molar-refractivity contribution in [3.8, 4) is 23.0 Å². The zero-order valence-electron chi connectivity index (χ0n) is 18.3. The fraction of sp³-hybridized carbons (Fsp3) is 0.208. The smallest absolute Gasteiger partial charge is 0.244 e. The number of hydrogen-bond donors (Lipinski definition) is 3. The monoisotopic (exact) mass is 435 g/mol.